The zero-order valence-corrected chi connectivity index (χ0v) is 15.7. The van der Waals surface area contributed by atoms with E-state index in [1.54, 1.807) is 11.3 Å². The lowest BCUT2D eigenvalue weighted by molar-refractivity contribution is -0.123. The largest absolute Gasteiger partial charge is 0.326 e. The van der Waals surface area contributed by atoms with Gasteiger partial charge in [0.25, 0.3) is 0 Å². The second-order valence-corrected chi connectivity index (χ2v) is 8.31. The Balaban J connectivity index is 1.87. The minimum absolute atomic E-state index is 0.000328. The SMILES string of the molecule is Cc1cc2sc(-c3ccc(NC(=O)C(C)(C)C)cc3)nc2cc1Cl. The summed E-state index contributed by atoms with van der Waals surface area (Å²) in [6.07, 6.45) is 0. The summed E-state index contributed by atoms with van der Waals surface area (Å²) < 4.78 is 1.12. The van der Waals surface area contributed by atoms with E-state index in [4.69, 9.17) is 11.6 Å². The molecule has 0 unspecified atom stereocenters. The Hall–Kier alpha value is -1.91. The van der Waals surface area contributed by atoms with Crippen LogP contribution < -0.4 is 5.32 Å². The minimum Gasteiger partial charge on any atom is -0.326 e. The molecule has 3 aromatic rings. The first-order valence-corrected chi connectivity index (χ1v) is 8.92. The van der Waals surface area contributed by atoms with Crippen LogP contribution in [0.3, 0.4) is 0 Å². The van der Waals surface area contributed by atoms with Gasteiger partial charge in [-0.2, -0.15) is 0 Å². The van der Waals surface area contributed by atoms with Crippen LogP contribution in [0.15, 0.2) is 36.4 Å². The molecule has 24 heavy (non-hydrogen) atoms. The van der Waals surface area contributed by atoms with E-state index in [2.05, 4.69) is 16.4 Å². The van der Waals surface area contributed by atoms with E-state index in [1.807, 2.05) is 58.0 Å². The van der Waals surface area contributed by atoms with E-state index in [-0.39, 0.29) is 5.91 Å². The molecule has 0 saturated carbocycles. The quantitative estimate of drug-likeness (QED) is 0.618. The first-order chi connectivity index (χ1) is 11.2. The predicted octanol–water partition coefficient (Wildman–Crippen LogP) is 5.91. The molecule has 0 saturated heterocycles. The highest BCUT2D eigenvalue weighted by Crippen LogP contribution is 2.33. The Kier molecular flexibility index (Phi) is 4.37. The third-order valence-corrected chi connectivity index (χ3v) is 5.21. The number of hydrogen-bond donors (Lipinski definition) is 1. The summed E-state index contributed by atoms with van der Waals surface area (Å²) in [4.78, 5) is 16.7. The van der Waals surface area contributed by atoms with Crippen LogP contribution in [0.4, 0.5) is 5.69 Å². The molecule has 1 heterocycles. The molecular weight excluding hydrogens is 340 g/mol. The van der Waals surface area contributed by atoms with Gasteiger partial charge in [0.15, 0.2) is 0 Å². The molecule has 0 fully saturated rings. The third kappa shape index (κ3) is 3.45. The summed E-state index contributed by atoms with van der Waals surface area (Å²) in [6.45, 7) is 7.68. The van der Waals surface area contributed by atoms with Crippen molar-refractivity contribution in [3.05, 3.63) is 47.0 Å². The number of hydrogen-bond acceptors (Lipinski definition) is 3. The van der Waals surface area contributed by atoms with Crippen LogP contribution in [-0.2, 0) is 4.79 Å². The lowest BCUT2D eigenvalue weighted by Crippen LogP contribution is -2.27. The van der Waals surface area contributed by atoms with E-state index in [0.717, 1.165) is 37.1 Å². The fraction of sp³-hybridized carbons (Fsp3) is 0.263. The van der Waals surface area contributed by atoms with E-state index >= 15 is 0 Å². The minimum atomic E-state index is -0.414. The average molecular weight is 359 g/mol. The number of benzene rings is 2. The van der Waals surface area contributed by atoms with Crippen LogP contribution in [0.2, 0.25) is 5.02 Å². The normalized spacial score (nSPS) is 11.7. The topological polar surface area (TPSA) is 42.0 Å². The van der Waals surface area contributed by atoms with Crippen LogP contribution in [0.5, 0.6) is 0 Å². The first-order valence-electron chi connectivity index (χ1n) is 7.72. The number of rotatable bonds is 2. The standard InChI is InChI=1S/C19H19ClN2OS/c1-11-9-16-15(10-14(11)20)22-17(24-16)12-5-7-13(8-6-12)21-18(23)19(2,3)4/h5-10H,1-4H3,(H,21,23). The second kappa shape index (κ2) is 6.19. The van der Waals surface area contributed by atoms with E-state index in [0.29, 0.717) is 0 Å². The number of carbonyl (C=O) groups excluding carboxylic acids is 1. The van der Waals surface area contributed by atoms with Crippen molar-refractivity contribution in [1.29, 1.82) is 0 Å². The van der Waals surface area contributed by atoms with Gasteiger partial charge in [0.05, 0.1) is 10.2 Å². The van der Waals surface area contributed by atoms with Crippen molar-refractivity contribution in [2.75, 3.05) is 5.32 Å². The number of fused-ring (bicyclic) bond motifs is 1. The molecule has 1 aromatic heterocycles. The van der Waals surface area contributed by atoms with Crippen molar-refractivity contribution in [2.24, 2.45) is 5.41 Å². The fourth-order valence-corrected chi connectivity index (χ4v) is 3.40. The molecule has 0 aliphatic carbocycles. The molecule has 124 valence electrons. The maximum atomic E-state index is 12.0. The van der Waals surface area contributed by atoms with Crippen molar-refractivity contribution in [2.45, 2.75) is 27.7 Å². The van der Waals surface area contributed by atoms with Gasteiger partial charge in [-0.05, 0) is 48.9 Å². The van der Waals surface area contributed by atoms with Crippen molar-refractivity contribution in [3.8, 4) is 10.6 Å². The van der Waals surface area contributed by atoms with Crippen molar-refractivity contribution >= 4 is 44.7 Å². The van der Waals surface area contributed by atoms with Gasteiger partial charge in [-0.3, -0.25) is 4.79 Å². The number of halogens is 1. The van der Waals surface area contributed by atoms with Crippen LogP contribution in [0, 0.1) is 12.3 Å². The Labute approximate surface area is 150 Å². The molecular formula is C19H19ClN2OS. The van der Waals surface area contributed by atoms with Crippen molar-refractivity contribution < 1.29 is 4.79 Å². The van der Waals surface area contributed by atoms with Gasteiger partial charge in [-0.15, -0.1) is 11.3 Å². The summed E-state index contributed by atoms with van der Waals surface area (Å²) in [5.74, 6) is 0.000328. The highest BCUT2D eigenvalue weighted by atomic mass is 35.5. The summed E-state index contributed by atoms with van der Waals surface area (Å²) in [7, 11) is 0. The van der Waals surface area contributed by atoms with E-state index in [1.165, 1.54) is 0 Å². The summed E-state index contributed by atoms with van der Waals surface area (Å²) >= 11 is 7.81. The zero-order chi connectivity index (χ0) is 17.5. The van der Waals surface area contributed by atoms with Gasteiger partial charge < -0.3 is 5.32 Å². The summed E-state index contributed by atoms with van der Waals surface area (Å²) in [5.41, 5.74) is 3.37. The Bertz CT molecular complexity index is 869. The summed E-state index contributed by atoms with van der Waals surface area (Å²) in [6, 6.07) is 11.7. The Morgan fingerprint density at radius 3 is 2.46 bits per heavy atom. The lowest BCUT2D eigenvalue weighted by atomic mass is 9.95. The number of carbonyl (C=O) groups is 1. The smallest absolute Gasteiger partial charge is 0.229 e. The molecule has 0 aliphatic rings. The van der Waals surface area contributed by atoms with E-state index in [9.17, 15) is 4.79 Å². The van der Waals surface area contributed by atoms with Crippen LogP contribution in [0.1, 0.15) is 26.3 Å². The maximum Gasteiger partial charge on any atom is 0.229 e. The van der Waals surface area contributed by atoms with Gasteiger partial charge in [-0.25, -0.2) is 4.98 Å². The first kappa shape index (κ1) is 16.9. The predicted molar refractivity (Wildman–Crippen MR) is 103 cm³/mol. The van der Waals surface area contributed by atoms with Gasteiger partial charge in [0.2, 0.25) is 5.91 Å². The molecule has 0 radical (unpaired) electrons. The number of aryl methyl sites for hydroxylation is 1. The number of thiazole rings is 1. The van der Waals surface area contributed by atoms with Gasteiger partial charge in [0.1, 0.15) is 5.01 Å². The summed E-state index contributed by atoms with van der Waals surface area (Å²) in [5, 5.41) is 4.61. The molecule has 0 spiro atoms. The van der Waals surface area contributed by atoms with E-state index < -0.39 is 5.41 Å². The molecule has 0 atom stereocenters. The van der Waals surface area contributed by atoms with Crippen LogP contribution >= 0.6 is 22.9 Å². The fourth-order valence-electron chi connectivity index (χ4n) is 2.19. The van der Waals surface area contributed by atoms with Gasteiger partial charge >= 0.3 is 0 Å². The molecule has 3 nitrogen and oxygen atoms in total. The molecule has 1 N–H and O–H groups in total. The monoisotopic (exact) mass is 358 g/mol. The molecule has 1 amide bonds. The lowest BCUT2D eigenvalue weighted by Gasteiger charge is -2.17. The van der Waals surface area contributed by atoms with Crippen LogP contribution in [0.25, 0.3) is 20.8 Å². The zero-order valence-electron chi connectivity index (χ0n) is 14.1. The van der Waals surface area contributed by atoms with Crippen LogP contribution in [-0.4, -0.2) is 10.9 Å². The third-order valence-electron chi connectivity index (χ3n) is 3.74. The highest BCUT2D eigenvalue weighted by molar-refractivity contribution is 7.21. The number of nitrogens with one attached hydrogen (secondary N) is 1. The number of amides is 1. The Morgan fingerprint density at radius 1 is 1.17 bits per heavy atom. The molecule has 0 bridgehead atoms. The molecule has 3 rings (SSSR count). The van der Waals surface area contributed by atoms with Crippen molar-refractivity contribution in [1.82, 2.24) is 4.98 Å². The second-order valence-electron chi connectivity index (χ2n) is 6.87. The Morgan fingerprint density at radius 2 is 1.83 bits per heavy atom. The van der Waals surface area contributed by atoms with Crippen molar-refractivity contribution in [3.63, 3.8) is 0 Å². The molecule has 5 heteroatoms. The average Bonchev–Trinajstić information content (AvgIpc) is 2.90. The number of anilines is 1. The van der Waals surface area contributed by atoms with Gasteiger partial charge in [-0.1, -0.05) is 32.4 Å². The molecule has 2 aromatic carbocycles. The maximum absolute atomic E-state index is 12.0. The van der Waals surface area contributed by atoms with Gasteiger partial charge in [0, 0.05) is 21.7 Å². The number of nitrogens with zero attached hydrogens (tertiary/aromatic N) is 1. The molecule has 0 aliphatic heterocycles. The number of aromatic nitrogens is 1. The highest BCUT2D eigenvalue weighted by Gasteiger charge is 2.21.